The highest BCUT2D eigenvalue weighted by Gasteiger charge is 2.34. The Labute approximate surface area is 237 Å². The van der Waals surface area contributed by atoms with Crippen molar-refractivity contribution in [1.82, 2.24) is 9.47 Å². The Balaban J connectivity index is 1.42. The molecule has 0 bridgehead atoms. The number of carboxylic acids is 1. The van der Waals surface area contributed by atoms with Gasteiger partial charge in [-0.15, -0.1) is 0 Å². The van der Waals surface area contributed by atoms with Crippen molar-refractivity contribution in [3.05, 3.63) is 99.1 Å². The van der Waals surface area contributed by atoms with E-state index in [0.717, 1.165) is 23.4 Å². The zero-order chi connectivity index (χ0) is 29.7. The van der Waals surface area contributed by atoms with Crippen molar-refractivity contribution in [3.8, 4) is 16.9 Å². The molecule has 6 rings (SSSR count). The number of nitrogens with zero attached hydrogens (tertiary/aromatic N) is 2. The summed E-state index contributed by atoms with van der Waals surface area (Å²) in [5, 5.41) is 9.18. The lowest BCUT2D eigenvalue weighted by molar-refractivity contribution is -0.0487. The van der Waals surface area contributed by atoms with Gasteiger partial charge in [-0.1, -0.05) is 42.5 Å². The van der Waals surface area contributed by atoms with Gasteiger partial charge in [0.15, 0.2) is 5.75 Å². The van der Waals surface area contributed by atoms with Crippen molar-refractivity contribution in [2.75, 3.05) is 0 Å². The molecule has 1 aliphatic carbocycles. The van der Waals surface area contributed by atoms with Crippen molar-refractivity contribution in [1.29, 1.82) is 0 Å². The molecule has 1 N–H and O–H groups in total. The molecule has 1 aliphatic heterocycles. The number of carbonyl (C=O) groups excluding carboxylic acids is 1. The number of aromatic nitrogens is 1. The number of fused-ring (bicyclic) bond motifs is 2. The van der Waals surface area contributed by atoms with Gasteiger partial charge < -0.3 is 19.1 Å². The summed E-state index contributed by atoms with van der Waals surface area (Å²) in [5.74, 6) is -3.08. The monoisotopic (exact) mass is 578 g/mol. The van der Waals surface area contributed by atoms with Gasteiger partial charge in [0.2, 0.25) is 5.43 Å². The van der Waals surface area contributed by atoms with Crippen LogP contribution in [0.25, 0.3) is 22.0 Å². The minimum atomic E-state index is -3.35. The average Bonchev–Trinajstić information content (AvgIpc) is 3.75. The molecule has 8 nitrogen and oxygen atoms in total. The van der Waals surface area contributed by atoms with Gasteiger partial charge in [-0.05, 0) is 54.2 Å². The SMILES string of the molecule is CC1c2cc(-c3c(F)cc4c(=O)c(C(=O)O)cn(C5CC5)c4c3OC(F)F)ccc2CN1C(=O)OCc1ccccc1. The highest BCUT2D eigenvalue weighted by molar-refractivity contribution is 5.98. The lowest BCUT2D eigenvalue weighted by Crippen LogP contribution is -2.28. The molecule has 4 aromatic rings. The van der Waals surface area contributed by atoms with Crippen molar-refractivity contribution >= 4 is 23.0 Å². The van der Waals surface area contributed by atoms with Gasteiger partial charge >= 0.3 is 18.7 Å². The molecule has 0 radical (unpaired) electrons. The van der Waals surface area contributed by atoms with Crippen LogP contribution in [0, 0.1) is 5.82 Å². The number of carbonyl (C=O) groups is 2. The zero-order valence-electron chi connectivity index (χ0n) is 22.4. The smallest absolute Gasteiger partial charge is 0.410 e. The molecule has 1 amide bonds. The zero-order valence-corrected chi connectivity index (χ0v) is 22.4. The molecule has 1 fully saturated rings. The first-order valence-electron chi connectivity index (χ1n) is 13.3. The van der Waals surface area contributed by atoms with E-state index in [4.69, 9.17) is 9.47 Å². The quantitative estimate of drug-likeness (QED) is 0.264. The normalized spacial score (nSPS) is 16.1. The minimum absolute atomic E-state index is 0.0907. The fourth-order valence-electron chi connectivity index (χ4n) is 5.52. The van der Waals surface area contributed by atoms with Crippen LogP contribution < -0.4 is 10.2 Å². The maximum Gasteiger partial charge on any atom is 0.410 e. The van der Waals surface area contributed by atoms with E-state index in [1.807, 2.05) is 30.3 Å². The highest BCUT2D eigenvalue weighted by atomic mass is 19.3. The Morgan fingerprint density at radius 1 is 1.10 bits per heavy atom. The van der Waals surface area contributed by atoms with Crippen LogP contribution in [0.4, 0.5) is 18.0 Å². The molecule has 0 spiro atoms. The molecular weight excluding hydrogens is 553 g/mol. The molecule has 1 saturated carbocycles. The maximum atomic E-state index is 15.8. The number of carboxylic acid groups (broad SMARTS) is 1. The second kappa shape index (κ2) is 10.6. The van der Waals surface area contributed by atoms with Crippen molar-refractivity contribution in [2.45, 2.75) is 51.6 Å². The van der Waals surface area contributed by atoms with Crippen molar-refractivity contribution in [3.63, 3.8) is 0 Å². The summed E-state index contributed by atoms with van der Waals surface area (Å²) < 4.78 is 55.1. The first-order chi connectivity index (χ1) is 20.1. The third kappa shape index (κ3) is 4.84. The third-order valence-electron chi connectivity index (χ3n) is 7.73. The summed E-state index contributed by atoms with van der Waals surface area (Å²) in [4.78, 5) is 39.1. The standard InChI is InChI=1S/C31H25F3N2O6/c1-16-21-11-18(7-8-19(21)13-35(16)31(40)41-15-17-5-3-2-4-6-17)25-24(32)12-22-26(28(25)42-30(33)34)36(20-9-10-20)14-23(27(22)37)29(38)39/h2-8,11-12,14,16,20,30H,9-10,13,15H2,1H3,(H,38,39). The van der Waals surface area contributed by atoms with Crippen LogP contribution in [0.3, 0.4) is 0 Å². The number of aromatic carboxylic acids is 1. The second-order valence-electron chi connectivity index (χ2n) is 10.4. The fourth-order valence-corrected chi connectivity index (χ4v) is 5.52. The van der Waals surface area contributed by atoms with E-state index < -0.39 is 47.3 Å². The Morgan fingerprint density at radius 2 is 1.83 bits per heavy atom. The van der Waals surface area contributed by atoms with E-state index >= 15 is 4.39 Å². The van der Waals surface area contributed by atoms with Crippen LogP contribution in [0.5, 0.6) is 5.75 Å². The topological polar surface area (TPSA) is 98.1 Å². The number of hydrogen-bond acceptors (Lipinski definition) is 5. The van der Waals surface area contributed by atoms with Gasteiger partial charge in [0.1, 0.15) is 18.0 Å². The van der Waals surface area contributed by atoms with Gasteiger partial charge in [-0.3, -0.25) is 9.69 Å². The Hall–Kier alpha value is -4.80. The number of amides is 1. The van der Waals surface area contributed by atoms with Crippen LogP contribution in [-0.4, -0.2) is 33.2 Å². The minimum Gasteiger partial charge on any atom is -0.477 e. The summed E-state index contributed by atoms with van der Waals surface area (Å²) in [5.41, 5.74) is 0.516. The molecule has 1 unspecified atom stereocenters. The molecule has 11 heteroatoms. The summed E-state index contributed by atoms with van der Waals surface area (Å²) >= 11 is 0. The average molecular weight is 579 g/mol. The number of pyridine rings is 1. The van der Waals surface area contributed by atoms with Crippen molar-refractivity contribution < 1.29 is 37.3 Å². The molecular formula is C31H25F3N2O6. The number of alkyl halides is 2. The Morgan fingerprint density at radius 3 is 2.50 bits per heavy atom. The molecule has 2 aliphatic rings. The molecule has 0 saturated heterocycles. The maximum absolute atomic E-state index is 15.8. The number of benzene rings is 3. The van der Waals surface area contributed by atoms with Crippen molar-refractivity contribution in [2.24, 2.45) is 0 Å². The molecule has 3 aromatic carbocycles. The van der Waals surface area contributed by atoms with Gasteiger partial charge in [0.05, 0.1) is 22.5 Å². The van der Waals surface area contributed by atoms with Gasteiger partial charge in [0, 0.05) is 18.8 Å². The van der Waals surface area contributed by atoms with Crippen LogP contribution in [0.1, 0.15) is 58.9 Å². The van der Waals surface area contributed by atoms with E-state index in [1.54, 1.807) is 19.1 Å². The van der Waals surface area contributed by atoms with Gasteiger partial charge in [-0.2, -0.15) is 8.78 Å². The largest absolute Gasteiger partial charge is 0.477 e. The van der Waals surface area contributed by atoms with E-state index in [1.165, 1.54) is 15.5 Å². The summed E-state index contributed by atoms with van der Waals surface area (Å²) in [6.45, 7) is -1.23. The summed E-state index contributed by atoms with van der Waals surface area (Å²) in [6, 6.07) is 14.2. The summed E-state index contributed by atoms with van der Waals surface area (Å²) in [7, 11) is 0. The van der Waals surface area contributed by atoms with Crippen LogP contribution >= 0.6 is 0 Å². The predicted octanol–water partition coefficient (Wildman–Crippen LogP) is 6.66. The van der Waals surface area contributed by atoms with E-state index in [0.29, 0.717) is 18.4 Å². The molecule has 1 atom stereocenters. The lowest BCUT2D eigenvalue weighted by Gasteiger charge is -2.22. The fraction of sp³-hybridized carbons (Fsp3) is 0.258. The number of ether oxygens (including phenoxy) is 2. The number of hydrogen-bond donors (Lipinski definition) is 1. The predicted molar refractivity (Wildman–Crippen MR) is 146 cm³/mol. The van der Waals surface area contributed by atoms with E-state index in [2.05, 4.69) is 0 Å². The number of halogens is 3. The van der Waals surface area contributed by atoms with Crippen LogP contribution in [0.15, 0.2) is 65.6 Å². The molecule has 42 heavy (non-hydrogen) atoms. The first-order valence-corrected chi connectivity index (χ1v) is 13.3. The Bertz CT molecular complexity index is 1790. The number of rotatable bonds is 7. The Kier molecular flexibility index (Phi) is 6.88. The molecule has 216 valence electrons. The van der Waals surface area contributed by atoms with E-state index in [9.17, 15) is 28.3 Å². The second-order valence-corrected chi connectivity index (χ2v) is 10.4. The van der Waals surface area contributed by atoms with E-state index in [-0.39, 0.29) is 41.2 Å². The highest BCUT2D eigenvalue weighted by Crippen LogP contribution is 2.45. The molecule has 2 heterocycles. The third-order valence-corrected chi connectivity index (χ3v) is 7.73. The molecule has 1 aromatic heterocycles. The van der Waals surface area contributed by atoms with Gasteiger partial charge in [-0.25, -0.2) is 14.0 Å². The van der Waals surface area contributed by atoms with Crippen LogP contribution in [-0.2, 0) is 17.9 Å². The van der Waals surface area contributed by atoms with Gasteiger partial charge in [0.25, 0.3) is 0 Å². The first kappa shape index (κ1) is 27.4. The van der Waals surface area contributed by atoms with Crippen LogP contribution in [0.2, 0.25) is 0 Å². The lowest BCUT2D eigenvalue weighted by atomic mass is 9.95. The summed E-state index contributed by atoms with van der Waals surface area (Å²) in [6.07, 6.45) is 1.83.